The second kappa shape index (κ2) is 5.26. The fourth-order valence-electron chi connectivity index (χ4n) is 2.25. The molecule has 0 radical (unpaired) electrons. The van der Waals surface area contributed by atoms with Crippen LogP contribution in [0.3, 0.4) is 0 Å². The van der Waals surface area contributed by atoms with Gasteiger partial charge in [0, 0.05) is 6.42 Å². The molecule has 2 nitrogen and oxygen atoms in total. The smallest absolute Gasteiger partial charge is 0.0991 e. The Kier molecular flexibility index (Phi) is 3.69. The highest BCUT2D eigenvalue weighted by Crippen LogP contribution is 2.26. The number of hydrogen-bond acceptors (Lipinski definition) is 2. The minimum Gasteiger partial charge on any atom is -0.385 e. The van der Waals surface area contributed by atoms with Crippen LogP contribution < -0.4 is 0 Å². The standard InChI is InChI=1S/C17H17NO/c1-13-5-3-6-14(9-13)11-17(2,19)16-8-4-7-15(10-16)12-18/h3-10,19H,11H2,1-2H3. The van der Waals surface area contributed by atoms with Gasteiger partial charge in [-0.3, -0.25) is 0 Å². The Morgan fingerprint density at radius 1 is 1.16 bits per heavy atom. The largest absolute Gasteiger partial charge is 0.385 e. The van der Waals surface area contributed by atoms with Gasteiger partial charge in [0.15, 0.2) is 0 Å². The molecular weight excluding hydrogens is 234 g/mol. The van der Waals surface area contributed by atoms with Crippen molar-refractivity contribution in [2.75, 3.05) is 0 Å². The molecule has 0 heterocycles. The van der Waals surface area contributed by atoms with Gasteiger partial charge in [0.05, 0.1) is 17.2 Å². The Morgan fingerprint density at radius 3 is 2.58 bits per heavy atom. The van der Waals surface area contributed by atoms with Gasteiger partial charge in [-0.1, -0.05) is 42.0 Å². The van der Waals surface area contributed by atoms with Crippen molar-refractivity contribution in [2.24, 2.45) is 0 Å². The van der Waals surface area contributed by atoms with E-state index in [0.29, 0.717) is 12.0 Å². The predicted molar refractivity (Wildman–Crippen MR) is 75.6 cm³/mol. The van der Waals surface area contributed by atoms with Crippen molar-refractivity contribution in [1.82, 2.24) is 0 Å². The van der Waals surface area contributed by atoms with Gasteiger partial charge in [0.25, 0.3) is 0 Å². The average molecular weight is 251 g/mol. The molecule has 0 aliphatic heterocycles. The van der Waals surface area contributed by atoms with Crippen LogP contribution in [0.1, 0.15) is 29.2 Å². The first-order chi connectivity index (χ1) is 9.01. The van der Waals surface area contributed by atoms with Crippen molar-refractivity contribution in [3.05, 3.63) is 70.8 Å². The second-order valence-electron chi connectivity index (χ2n) is 5.13. The van der Waals surface area contributed by atoms with Crippen LogP contribution in [0.4, 0.5) is 0 Å². The molecule has 1 N–H and O–H groups in total. The lowest BCUT2D eigenvalue weighted by atomic mass is 9.88. The predicted octanol–water partition coefficient (Wildman–Crippen LogP) is 3.32. The van der Waals surface area contributed by atoms with Gasteiger partial charge >= 0.3 is 0 Å². The lowest BCUT2D eigenvalue weighted by Crippen LogP contribution is -2.24. The molecule has 0 spiro atoms. The van der Waals surface area contributed by atoms with Crippen molar-refractivity contribution in [3.8, 4) is 6.07 Å². The third-order valence-corrected chi connectivity index (χ3v) is 3.24. The van der Waals surface area contributed by atoms with Crippen LogP contribution in [0, 0.1) is 18.3 Å². The SMILES string of the molecule is Cc1cccc(CC(C)(O)c2cccc(C#N)c2)c1. The van der Waals surface area contributed by atoms with Crippen molar-refractivity contribution >= 4 is 0 Å². The van der Waals surface area contributed by atoms with Crippen molar-refractivity contribution in [2.45, 2.75) is 25.9 Å². The molecule has 0 fully saturated rings. The second-order valence-corrected chi connectivity index (χ2v) is 5.13. The maximum Gasteiger partial charge on any atom is 0.0991 e. The number of nitriles is 1. The summed E-state index contributed by atoms with van der Waals surface area (Å²) < 4.78 is 0. The van der Waals surface area contributed by atoms with Crippen molar-refractivity contribution in [1.29, 1.82) is 5.26 Å². The highest BCUT2D eigenvalue weighted by atomic mass is 16.3. The summed E-state index contributed by atoms with van der Waals surface area (Å²) >= 11 is 0. The minimum absolute atomic E-state index is 0.531. The zero-order valence-electron chi connectivity index (χ0n) is 11.2. The number of aliphatic hydroxyl groups is 1. The van der Waals surface area contributed by atoms with E-state index in [-0.39, 0.29) is 0 Å². The molecule has 0 aromatic heterocycles. The summed E-state index contributed by atoms with van der Waals surface area (Å²) in [5.41, 5.74) is 2.64. The van der Waals surface area contributed by atoms with E-state index >= 15 is 0 Å². The molecule has 0 aliphatic rings. The fraction of sp³-hybridized carbons (Fsp3) is 0.235. The number of benzene rings is 2. The van der Waals surface area contributed by atoms with Gasteiger partial charge in [-0.25, -0.2) is 0 Å². The molecule has 1 atom stereocenters. The highest BCUT2D eigenvalue weighted by Gasteiger charge is 2.23. The van der Waals surface area contributed by atoms with E-state index in [1.54, 1.807) is 25.1 Å². The summed E-state index contributed by atoms with van der Waals surface area (Å²) in [4.78, 5) is 0. The summed E-state index contributed by atoms with van der Waals surface area (Å²) in [6.45, 7) is 3.82. The Labute approximate surface area is 114 Å². The minimum atomic E-state index is -0.972. The Bertz CT molecular complexity index is 623. The maximum absolute atomic E-state index is 10.6. The van der Waals surface area contributed by atoms with Crippen LogP contribution in [0.25, 0.3) is 0 Å². The average Bonchev–Trinajstić information content (AvgIpc) is 2.38. The van der Waals surface area contributed by atoms with Gasteiger partial charge in [-0.05, 0) is 37.1 Å². The third-order valence-electron chi connectivity index (χ3n) is 3.24. The molecule has 2 heteroatoms. The van der Waals surface area contributed by atoms with Crippen molar-refractivity contribution in [3.63, 3.8) is 0 Å². The van der Waals surface area contributed by atoms with Crippen LogP contribution in [0.15, 0.2) is 48.5 Å². The lowest BCUT2D eigenvalue weighted by molar-refractivity contribution is 0.0576. The normalized spacial score (nSPS) is 13.6. The molecule has 2 rings (SSSR count). The Morgan fingerprint density at radius 2 is 1.89 bits per heavy atom. The number of hydrogen-bond donors (Lipinski definition) is 1. The summed E-state index contributed by atoms with van der Waals surface area (Å²) in [6, 6.07) is 17.4. The zero-order valence-corrected chi connectivity index (χ0v) is 11.2. The molecule has 0 amide bonds. The van der Waals surface area contributed by atoms with E-state index in [2.05, 4.69) is 12.1 Å². The lowest BCUT2D eigenvalue weighted by Gasteiger charge is -2.24. The monoisotopic (exact) mass is 251 g/mol. The Hall–Kier alpha value is -2.11. The molecule has 2 aromatic rings. The van der Waals surface area contributed by atoms with Crippen LogP contribution in [0.2, 0.25) is 0 Å². The van der Waals surface area contributed by atoms with Crippen LogP contribution in [0.5, 0.6) is 0 Å². The van der Waals surface area contributed by atoms with Gasteiger partial charge in [0.1, 0.15) is 0 Å². The van der Waals surface area contributed by atoms with Crippen LogP contribution in [-0.2, 0) is 12.0 Å². The van der Waals surface area contributed by atoms with E-state index < -0.39 is 5.60 Å². The molecule has 0 bridgehead atoms. The molecule has 0 aliphatic carbocycles. The zero-order chi connectivity index (χ0) is 13.9. The first-order valence-corrected chi connectivity index (χ1v) is 6.30. The number of nitrogens with zero attached hydrogens (tertiary/aromatic N) is 1. The van der Waals surface area contributed by atoms with E-state index in [0.717, 1.165) is 11.1 Å². The van der Waals surface area contributed by atoms with E-state index in [9.17, 15) is 5.11 Å². The fourth-order valence-corrected chi connectivity index (χ4v) is 2.25. The third kappa shape index (κ3) is 3.21. The molecule has 1 unspecified atom stereocenters. The highest BCUT2D eigenvalue weighted by molar-refractivity contribution is 5.36. The van der Waals surface area contributed by atoms with E-state index in [1.165, 1.54) is 5.56 Å². The first kappa shape index (κ1) is 13.3. The molecule has 96 valence electrons. The van der Waals surface area contributed by atoms with Gasteiger partial charge < -0.3 is 5.11 Å². The summed E-state index contributed by atoms with van der Waals surface area (Å²) in [5.74, 6) is 0. The molecule has 0 saturated carbocycles. The molecule has 19 heavy (non-hydrogen) atoms. The van der Waals surface area contributed by atoms with E-state index in [4.69, 9.17) is 5.26 Å². The summed E-state index contributed by atoms with van der Waals surface area (Å²) in [5, 5.41) is 19.6. The van der Waals surface area contributed by atoms with Gasteiger partial charge in [-0.2, -0.15) is 5.26 Å². The number of aryl methyl sites for hydroxylation is 1. The van der Waals surface area contributed by atoms with Gasteiger partial charge in [-0.15, -0.1) is 0 Å². The van der Waals surface area contributed by atoms with Crippen LogP contribution in [-0.4, -0.2) is 5.11 Å². The summed E-state index contributed by atoms with van der Waals surface area (Å²) in [7, 11) is 0. The topological polar surface area (TPSA) is 44.0 Å². The first-order valence-electron chi connectivity index (χ1n) is 6.30. The summed E-state index contributed by atoms with van der Waals surface area (Å²) in [6.07, 6.45) is 0.531. The Balaban J connectivity index is 2.29. The molecule has 0 saturated heterocycles. The number of rotatable bonds is 3. The molecular formula is C17H17NO. The van der Waals surface area contributed by atoms with Gasteiger partial charge in [0.2, 0.25) is 0 Å². The maximum atomic E-state index is 10.6. The molecule has 2 aromatic carbocycles. The van der Waals surface area contributed by atoms with Crippen LogP contribution >= 0.6 is 0 Å². The van der Waals surface area contributed by atoms with Crippen molar-refractivity contribution < 1.29 is 5.11 Å². The quantitative estimate of drug-likeness (QED) is 0.909. The van der Waals surface area contributed by atoms with E-state index in [1.807, 2.05) is 31.2 Å².